The first-order valence-electron chi connectivity index (χ1n) is 6.60. The summed E-state index contributed by atoms with van der Waals surface area (Å²) in [6.07, 6.45) is 3.34. The van der Waals surface area contributed by atoms with Crippen LogP contribution >= 0.6 is 31.9 Å². The molecule has 0 aliphatic heterocycles. The molecule has 0 radical (unpaired) electrons. The molecule has 108 valence electrons. The van der Waals surface area contributed by atoms with E-state index in [9.17, 15) is 5.11 Å². The van der Waals surface area contributed by atoms with Crippen molar-refractivity contribution in [2.45, 2.75) is 32.7 Å². The van der Waals surface area contributed by atoms with Gasteiger partial charge in [-0.25, -0.2) is 0 Å². The maximum Gasteiger partial charge on any atom is 0.143 e. The molecule has 0 atom stereocenters. The smallest absolute Gasteiger partial charge is 0.143 e. The minimum absolute atomic E-state index is 0.244. The van der Waals surface area contributed by atoms with Gasteiger partial charge in [0.2, 0.25) is 0 Å². The Labute approximate surface area is 132 Å². The third-order valence-corrected chi connectivity index (χ3v) is 3.90. The molecule has 0 aliphatic carbocycles. The van der Waals surface area contributed by atoms with E-state index in [1.165, 1.54) is 6.42 Å². The van der Waals surface area contributed by atoms with Crippen molar-refractivity contribution in [2.24, 2.45) is 0 Å². The van der Waals surface area contributed by atoms with Crippen molar-refractivity contribution in [1.82, 2.24) is 5.32 Å². The van der Waals surface area contributed by atoms with E-state index in [1.54, 1.807) is 0 Å². The monoisotopic (exact) mass is 393 g/mol. The maximum absolute atomic E-state index is 9.61. The van der Waals surface area contributed by atoms with Gasteiger partial charge in [0.25, 0.3) is 0 Å². The van der Waals surface area contributed by atoms with Crippen molar-refractivity contribution in [3.8, 4) is 5.75 Å². The standard InChI is InChI=1S/C14H21Br2NO2/c1-2-3-6-19-7-4-5-17-10-11-8-12(15)14(18)13(16)9-11/h8-9,17-18H,2-7,10H2,1H3. The van der Waals surface area contributed by atoms with Gasteiger partial charge < -0.3 is 15.2 Å². The molecule has 0 aromatic heterocycles. The minimum Gasteiger partial charge on any atom is -0.506 e. The molecule has 2 N–H and O–H groups in total. The fraction of sp³-hybridized carbons (Fsp3) is 0.571. The predicted octanol–water partition coefficient (Wildman–Crippen LogP) is 4.21. The highest BCUT2D eigenvalue weighted by atomic mass is 79.9. The van der Waals surface area contributed by atoms with Crippen LogP contribution in [0.4, 0.5) is 0 Å². The number of nitrogens with one attached hydrogen (secondary N) is 1. The molecule has 0 aliphatic rings. The van der Waals surface area contributed by atoms with Gasteiger partial charge in [-0.15, -0.1) is 0 Å². The summed E-state index contributed by atoms with van der Waals surface area (Å²) in [5, 5.41) is 13.0. The molecule has 5 heteroatoms. The zero-order chi connectivity index (χ0) is 14.1. The average molecular weight is 395 g/mol. The molecule has 1 aromatic rings. The van der Waals surface area contributed by atoms with Gasteiger partial charge in [0, 0.05) is 19.8 Å². The molecule has 0 heterocycles. The normalized spacial score (nSPS) is 10.9. The van der Waals surface area contributed by atoms with Crippen LogP contribution < -0.4 is 5.32 Å². The molecule has 0 unspecified atom stereocenters. The van der Waals surface area contributed by atoms with E-state index in [4.69, 9.17) is 4.74 Å². The Bertz CT molecular complexity index is 363. The highest BCUT2D eigenvalue weighted by molar-refractivity contribution is 9.11. The van der Waals surface area contributed by atoms with E-state index in [1.807, 2.05) is 12.1 Å². The zero-order valence-corrected chi connectivity index (χ0v) is 14.4. The van der Waals surface area contributed by atoms with E-state index >= 15 is 0 Å². The summed E-state index contributed by atoms with van der Waals surface area (Å²) >= 11 is 6.65. The first kappa shape index (κ1) is 17.0. The molecule has 0 amide bonds. The van der Waals surface area contributed by atoms with Gasteiger partial charge in [0.05, 0.1) is 8.95 Å². The Morgan fingerprint density at radius 2 is 1.79 bits per heavy atom. The highest BCUT2D eigenvalue weighted by Crippen LogP contribution is 2.33. The lowest BCUT2D eigenvalue weighted by atomic mass is 10.2. The predicted molar refractivity (Wildman–Crippen MR) is 85.6 cm³/mol. The van der Waals surface area contributed by atoms with Crippen LogP contribution in [-0.2, 0) is 11.3 Å². The summed E-state index contributed by atoms with van der Waals surface area (Å²) in [5.74, 6) is 0.244. The van der Waals surface area contributed by atoms with Crippen LogP contribution in [-0.4, -0.2) is 24.9 Å². The van der Waals surface area contributed by atoms with Gasteiger partial charge in [-0.3, -0.25) is 0 Å². The Kier molecular flexibility index (Phi) is 8.70. The lowest BCUT2D eigenvalue weighted by molar-refractivity contribution is 0.129. The van der Waals surface area contributed by atoms with Crippen LogP contribution in [0.3, 0.4) is 0 Å². The number of phenolic OH excluding ortho intramolecular Hbond substituents is 1. The summed E-state index contributed by atoms with van der Waals surface area (Å²) in [6.45, 7) is 5.57. The molecular weight excluding hydrogens is 374 g/mol. The second-order valence-corrected chi connectivity index (χ2v) is 6.11. The lowest BCUT2D eigenvalue weighted by Crippen LogP contribution is -2.16. The van der Waals surface area contributed by atoms with Crippen LogP contribution in [0.25, 0.3) is 0 Å². The van der Waals surface area contributed by atoms with Gasteiger partial charge in [-0.1, -0.05) is 13.3 Å². The average Bonchev–Trinajstić information content (AvgIpc) is 2.39. The van der Waals surface area contributed by atoms with Gasteiger partial charge in [-0.05, 0) is 68.9 Å². The van der Waals surface area contributed by atoms with Crippen molar-refractivity contribution < 1.29 is 9.84 Å². The van der Waals surface area contributed by atoms with Crippen LogP contribution in [0, 0.1) is 0 Å². The Morgan fingerprint density at radius 3 is 2.42 bits per heavy atom. The van der Waals surface area contributed by atoms with Crippen LogP contribution in [0.2, 0.25) is 0 Å². The van der Waals surface area contributed by atoms with E-state index in [2.05, 4.69) is 44.1 Å². The summed E-state index contributed by atoms with van der Waals surface area (Å²) in [5.41, 5.74) is 1.13. The van der Waals surface area contributed by atoms with E-state index in [-0.39, 0.29) is 5.75 Å². The Morgan fingerprint density at radius 1 is 1.16 bits per heavy atom. The molecule has 1 rings (SSSR count). The minimum atomic E-state index is 0.244. The second kappa shape index (κ2) is 9.75. The largest absolute Gasteiger partial charge is 0.506 e. The Hall–Kier alpha value is -0.100. The molecule has 3 nitrogen and oxygen atoms in total. The molecule has 0 bridgehead atoms. The number of ether oxygens (including phenoxy) is 1. The second-order valence-electron chi connectivity index (χ2n) is 4.40. The molecule has 0 fully saturated rings. The number of halogens is 2. The van der Waals surface area contributed by atoms with Crippen molar-refractivity contribution in [2.75, 3.05) is 19.8 Å². The number of phenols is 1. The summed E-state index contributed by atoms with van der Waals surface area (Å²) in [7, 11) is 0. The lowest BCUT2D eigenvalue weighted by Gasteiger charge is -2.08. The molecule has 19 heavy (non-hydrogen) atoms. The van der Waals surface area contributed by atoms with Gasteiger partial charge in [-0.2, -0.15) is 0 Å². The van der Waals surface area contributed by atoms with Crippen LogP contribution in [0.5, 0.6) is 5.75 Å². The van der Waals surface area contributed by atoms with Crippen LogP contribution in [0.15, 0.2) is 21.1 Å². The topological polar surface area (TPSA) is 41.5 Å². The highest BCUT2D eigenvalue weighted by Gasteiger charge is 2.05. The van der Waals surface area contributed by atoms with Crippen molar-refractivity contribution >= 4 is 31.9 Å². The summed E-state index contributed by atoms with van der Waals surface area (Å²) in [4.78, 5) is 0. The van der Waals surface area contributed by atoms with Gasteiger partial charge >= 0.3 is 0 Å². The fourth-order valence-electron chi connectivity index (χ4n) is 1.60. The summed E-state index contributed by atoms with van der Waals surface area (Å²) < 4.78 is 6.91. The van der Waals surface area contributed by atoms with E-state index in [0.717, 1.165) is 44.7 Å². The van der Waals surface area contributed by atoms with Crippen molar-refractivity contribution in [1.29, 1.82) is 0 Å². The number of unbranched alkanes of at least 4 members (excludes halogenated alkanes) is 1. The molecule has 0 saturated carbocycles. The maximum atomic E-state index is 9.61. The number of rotatable bonds is 9. The molecule has 1 aromatic carbocycles. The van der Waals surface area contributed by atoms with Gasteiger partial charge in [0.15, 0.2) is 0 Å². The fourth-order valence-corrected chi connectivity index (χ4v) is 2.88. The first-order valence-corrected chi connectivity index (χ1v) is 8.19. The number of aromatic hydroxyl groups is 1. The zero-order valence-electron chi connectivity index (χ0n) is 11.2. The van der Waals surface area contributed by atoms with Gasteiger partial charge in [0.1, 0.15) is 5.75 Å². The number of benzene rings is 1. The molecule has 0 saturated heterocycles. The van der Waals surface area contributed by atoms with Crippen molar-refractivity contribution in [3.63, 3.8) is 0 Å². The summed E-state index contributed by atoms with van der Waals surface area (Å²) in [6, 6.07) is 3.84. The quantitative estimate of drug-likeness (QED) is 0.616. The molecular formula is C14H21Br2NO2. The number of hydrogen-bond donors (Lipinski definition) is 2. The number of hydrogen-bond acceptors (Lipinski definition) is 3. The first-order chi connectivity index (χ1) is 9.15. The Balaban J connectivity index is 2.16. The van der Waals surface area contributed by atoms with Crippen molar-refractivity contribution in [3.05, 3.63) is 26.6 Å². The molecule has 0 spiro atoms. The third-order valence-electron chi connectivity index (χ3n) is 2.69. The van der Waals surface area contributed by atoms with E-state index < -0.39 is 0 Å². The SMILES string of the molecule is CCCCOCCCNCc1cc(Br)c(O)c(Br)c1. The van der Waals surface area contributed by atoms with Crippen LogP contribution in [0.1, 0.15) is 31.7 Å². The third kappa shape index (κ3) is 6.75. The van der Waals surface area contributed by atoms with E-state index in [0.29, 0.717) is 8.95 Å².